The van der Waals surface area contributed by atoms with Crippen LogP contribution in [0.5, 0.6) is 0 Å². The first-order valence-electron chi connectivity index (χ1n) is 16.1. The van der Waals surface area contributed by atoms with Crippen LogP contribution in [0.4, 0.5) is 11.4 Å². The number of rotatable bonds is 12. The summed E-state index contributed by atoms with van der Waals surface area (Å²) < 4.78 is 0. The summed E-state index contributed by atoms with van der Waals surface area (Å²) in [4.78, 5) is 58.3. The molecule has 0 saturated carbocycles. The molecular formula is C34H46Cl2N4O6. The van der Waals surface area contributed by atoms with Crippen molar-refractivity contribution >= 4 is 59.6 Å². The molecule has 2 unspecified atom stereocenters. The predicted molar refractivity (Wildman–Crippen MR) is 183 cm³/mol. The number of piperidine rings is 2. The Balaban J connectivity index is 0.00000288. The molecular weight excluding hydrogens is 631 g/mol. The van der Waals surface area contributed by atoms with Crippen molar-refractivity contribution in [2.75, 3.05) is 50.0 Å². The van der Waals surface area contributed by atoms with Gasteiger partial charge in [0, 0.05) is 62.4 Å². The van der Waals surface area contributed by atoms with E-state index in [1.54, 1.807) is 36.4 Å². The number of hydrogen-bond acceptors (Lipinski definition) is 8. The molecule has 1 aliphatic carbocycles. The first-order chi connectivity index (χ1) is 21.4. The van der Waals surface area contributed by atoms with Crippen molar-refractivity contribution in [1.82, 2.24) is 9.80 Å². The second-order valence-electron chi connectivity index (χ2n) is 12.1. The van der Waals surface area contributed by atoms with E-state index in [1.165, 1.54) is 0 Å². The minimum absolute atomic E-state index is 0. The van der Waals surface area contributed by atoms with Crippen molar-refractivity contribution in [3.63, 3.8) is 0 Å². The third kappa shape index (κ3) is 8.73. The highest BCUT2D eigenvalue weighted by molar-refractivity contribution is 6.32. The average molecular weight is 678 g/mol. The van der Waals surface area contributed by atoms with Gasteiger partial charge in [-0.2, -0.15) is 0 Å². The fourth-order valence-electron chi connectivity index (χ4n) is 7.01. The van der Waals surface area contributed by atoms with Gasteiger partial charge in [-0.15, -0.1) is 24.8 Å². The van der Waals surface area contributed by atoms with Crippen molar-refractivity contribution in [2.24, 2.45) is 0 Å². The van der Waals surface area contributed by atoms with Gasteiger partial charge in [-0.3, -0.25) is 29.0 Å². The smallest absolute Gasteiger partial charge is 0.225 e. The van der Waals surface area contributed by atoms with E-state index in [1.807, 2.05) is 0 Å². The number of carbonyl (C=O) groups excluding carboxylic acids is 4. The molecule has 2 heterocycles. The van der Waals surface area contributed by atoms with E-state index in [9.17, 15) is 29.4 Å². The summed E-state index contributed by atoms with van der Waals surface area (Å²) >= 11 is 0. The Kier molecular flexibility index (Phi) is 14.6. The van der Waals surface area contributed by atoms with Crippen molar-refractivity contribution in [1.29, 1.82) is 0 Å². The molecule has 2 saturated heterocycles. The normalized spacial score (nSPS) is 19.7. The third-order valence-electron chi connectivity index (χ3n) is 9.30. The molecule has 46 heavy (non-hydrogen) atoms. The number of halogens is 2. The Labute approximate surface area is 283 Å². The molecule has 12 heteroatoms. The molecule has 4 N–H and O–H groups in total. The molecule has 2 atom stereocenters. The van der Waals surface area contributed by atoms with Gasteiger partial charge in [0.1, 0.15) is 0 Å². The van der Waals surface area contributed by atoms with Gasteiger partial charge in [-0.1, -0.05) is 37.1 Å². The van der Waals surface area contributed by atoms with Gasteiger partial charge >= 0.3 is 0 Å². The second kappa shape index (κ2) is 17.9. The number of benzene rings is 2. The summed E-state index contributed by atoms with van der Waals surface area (Å²) in [6.07, 6.45) is 8.12. The van der Waals surface area contributed by atoms with Crippen LogP contribution < -0.4 is 10.6 Å². The van der Waals surface area contributed by atoms with Gasteiger partial charge in [0.05, 0.1) is 22.5 Å². The van der Waals surface area contributed by atoms with Crippen LogP contribution in [0.3, 0.4) is 0 Å². The lowest BCUT2D eigenvalue weighted by Gasteiger charge is -2.35. The number of aliphatic hydroxyl groups is 2. The van der Waals surface area contributed by atoms with E-state index >= 15 is 0 Å². The van der Waals surface area contributed by atoms with E-state index in [4.69, 9.17) is 0 Å². The number of anilines is 2. The summed E-state index contributed by atoms with van der Waals surface area (Å²) in [6, 6.07) is 10.3. The van der Waals surface area contributed by atoms with E-state index in [-0.39, 0.29) is 120 Å². The Bertz CT molecular complexity index is 1280. The molecule has 2 aromatic rings. The summed E-state index contributed by atoms with van der Waals surface area (Å²) in [5.74, 6) is -1.28. The van der Waals surface area contributed by atoms with Gasteiger partial charge in [-0.05, 0) is 63.7 Å². The van der Waals surface area contributed by atoms with Crippen LogP contribution in [-0.4, -0.2) is 94.9 Å². The van der Waals surface area contributed by atoms with Gasteiger partial charge in [0.15, 0.2) is 11.6 Å². The minimum atomic E-state index is -0.374. The molecule has 0 spiro atoms. The fourth-order valence-corrected chi connectivity index (χ4v) is 7.01. The molecule has 2 aromatic carbocycles. The summed E-state index contributed by atoms with van der Waals surface area (Å²) in [7, 11) is 0. The van der Waals surface area contributed by atoms with E-state index in [2.05, 4.69) is 20.4 Å². The second-order valence-corrected chi connectivity index (χ2v) is 12.1. The molecule has 2 amide bonds. The van der Waals surface area contributed by atoms with Crippen LogP contribution in [0.15, 0.2) is 36.4 Å². The van der Waals surface area contributed by atoms with Crippen LogP contribution in [0.1, 0.15) is 96.1 Å². The maximum absolute atomic E-state index is 13.8. The lowest BCUT2D eigenvalue weighted by Crippen LogP contribution is -2.41. The van der Waals surface area contributed by atoms with Crippen molar-refractivity contribution in [2.45, 2.75) is 76.3 Å². The number of hydrogen-bond donors (Lipinski definition) is 4. The van der Waals surface area contributed by atoms with Gasteiger partial charge in [0.25, 0.3) is 0 Å². The van der Waals surface area contributed by atoms with Crippen LogP contribution >= 0.6 is 24.8 Å². The zero-order chi connectivity index (χ0) is 31.1. The molecule has 0 bridgehead atoms. The lowest BCUT2D eigenvalue weighted by atomic mass is 9.82. The largest absolute Gasteiger partial charge is 0.396 e. The quantitative estimate of drug-likeness (QED) is 0.221. The SMILES string of the molecule is Cl.Cl.O=C(CCN1CCCCC1CCO)Nc1ccc(NC(=O)CCN2CCCCC2CCO)c2c1C(=O)c1ccccc1C2=O. The zero-order valence-corrected chi connectivity index (χ0v) is 27.8. The maximum atomic E-state index is 13.8. The summed E-state index contributed by atoms with van der Waals surface area (Å²) in [5.41, 5.74) is 1.22. The number of likely N-dealkylation sites (tertiary alicyclic amines) is 2. The van der Waals surface area contributed by atoms with Crippen LogP contribution in [-0.2, 0) is 9.59 Å². The highest BCUT2D eigenvalue weighted by atomic mass is 35.5. The number of amides is 2. The number of ketones is 2. The van der Waals surface area contributed by atoms with E-state index in [0.29, 0.717) is 25.9 Å². The molecule has 2 fully saturated rings. The van der Waals surface area contributed by atoms with Crippen molar-refractivity contribution in [3.05, 3.63) is 58.7 Å². The Morgan fingerprint density at radius 3 is 1.48 bits per heavy atom. The van der Waals surface area contributed by atoms with Crippen LogP contribution in [0, 0.1) is 0 Å². The molecule has 252 valence electrons. The first-order valence-corrected chi connectivity index (χ1v) is 16.1. The number of nitrogens with one attached hydrogen (secondary N) is 2. The van der Waals surface area contributed by atoms with Crippen molar-refractivity contribution < 1.29 is 29.4 Å². The highest BCUT2D eigenvalue weighted by Gasteiger charge is 2.35. The van der Waals surface area contributed by atoms with Crippen LogP contribution in [0.2, 0.25) is 0 Å². The highest BCUT2D eigenvalue weighted by Crippen LogP contribution is 2.37. The number of fused-ring (bicyclic) bond motifs is 2. The van der Waals surface area contributed by atoms with Crippen molar-refractivity contribution in [3.8, 4) is 0 Å². The van der Waals surface area contributed by atoms with E-state index in [0.717, 1.165) is 51.6 Å². The molecule has 0 aromatic heterocycles. The molecule has 5 rings (SSSR count). The number of aliphatic hydroxyl groups excluding tert-OH is 2. The standard InChI is InChI=1S/C34H44N4O6.2ClH/c39-21-15-23-7-3-5-17-37(23)19-13-29(41)35-27-11-12-28(32-31(27)33(43)25-9-1-2-10-26(25)34(32)44)36-30(42)14-20-38-18-6-4-8-24(38)16-22-40;;/h1-2,9-12,23-24,39-40H,3-8,13-22H2,(H,35,41)(H,36,42);2*1H. The van der Waals surface area contributed by atoms with Gasteiger partial charge in [0.2, 0.25) is 11.8 Å². The van der Waals surface area contributed by atoms with Gasteiger partial charge < -0.3 is 20.8 Å². The number of nitrogens with zero attached hydrogens (tertiary/aromatic N) is 2. The average Bonchev–Trinajstić information content (AvgIpc) is 3.03. The van der Waals surface area contributed by atoms with E-state index < -0.39 is 0 Å². The molecule has 0 radical (unpaired) electrons. The Morgan fingerprint density at radius 2 is 1.09 bits per heavy atom. The third-order valence-corrected chi connectivity index (χ3v) is 9.30. The molecule has 2 aliphatic heterocycles. The van der Waals surface area contributed by atoms with Gasteiger partial charge in [-0.25, -0.2) is 0 Å². The Hall–Kier alpha value is -2.86. The first kappa shape index (κ1) is 37.6. The molecule has 10 nitrogen and oxygen atoms in total. The maximum Gasteiger partial charge on any atom is 0.225 e. The molecule has 3 aliphatic rings. The monoisotopic (exact) mass is 676 g/mol. The fraction of sp³-hybridized carbons (Fsp3) is 0.529. The minimum Gasteiger partial charge on any atom is -0.396 e. The Morgan fingerprint density at radius 1 is 0.674 bits per heavy atom. The summed E-state index contributed by atoms with van der Waals surface area (Å²) in [6.45, 7) is 3.07. The van der Waals surface area contributed by atoms with Crippen LogP contribution in [0.25, 0.3) is 0 Å². The topological polar surface area (TPSA) is 139 Å². The predicted octanol–water partition coefficient (Wildman–Crippen LogP) is 4.44. The summed E-state index contributed by atoms with van der Waals surface area (Å²) in [5, 5.41) is 24.6. The number of carbonyl (C=O) groups is 4. The lowest BCUT2D eigenvalue weighted by molar-refractivity contribution is -0.117. The zero-order valence-electron chi connectivity index (χ0n) is 26.2.